The number of nitrogens with zero attached hydrogens (tertiary/aromatic N) is 5. The number of hydrogen-bond acceptors (Lipinski definition) is 5. The van der Waals surface area contributed by atoms with Crippen LogP contribution in [0.5, 0.6) is 0 Å². The van der Waals surface area contributed by atoms with Gasteiger partial charge < -0.3 is 4.90 Å². The molecule has 116 valence electrons. The highest BCUT2D eigenvalue weighted by Crippen LogP contribution is 2.11. The SMILES string of the molecule is CCCCN(C)C(=O)Cn1nc(-c2cncnc2)ccc1=O. The van der Waals surface area contributed by atoms with E-state index in [4.69, 9.17) is 0 Å². The first kappa shape index (κ1) is 15.8. The van der Waals surface area contributed by atoms with E-state index >= 15 is 0 Å². The molecule has 7 nitrogen and oxygen atoms in total. The molecule has 0 N–H and O–H groups in total. The second kappa shape index (κ2) is 7.44. The zero-order valence-electron chi connectivity index (χ0n) is 12.8. The third kappa shape index (κ3) is 3.97. The molecule has 0 aromatic carbocycles. The van der Waals surface area contributed by atoms with Crippen molar-refractivity contribution in [3.8, 4) is 11.3 Å². The van der Waals surface area contributed by atoms with Gasteiger partial charge in [-0.1, -0.05) is 13.3 Å². The van der Waals surface area contributed by atoms with Crippen LogP contribution in [0.1, 0.15) is 19.8 Å². The van der Waals surface area contributed by atoms with Crippen molar-refractivity contribution < 1.29 is 4.79 Å². The molecule has 0 fully saturated rings. The van der Waals surface area contributed by atoms with Gasteiger partial charge in [0.25, 0.3) is 5.56 Å². The molecule has 0 unspecified atom stereocenters. The van der Waals surface area contributed by atoms with Gasteiger partial charge in [-0.2, -0.15) is 5.10 Å². The third-order valence-corrected chi connectivity index (χ3v) is 3.28. The third-order valence-electron chi connectivity index (χ3n) is 3.28. The van der Waals surface area contributed by atoms with Crippen LogP contribution in [0.3, 0.4) is 0 Å². The first-order chi connectivity index (χ1) is 10.6. The number of likely N-dealkylation sites (N-methyl/N-ethyl adjacent to an activating group) is 1. The summed E-state index contributed by atoms with van der Waals surface area (Å²) >= 11 is 0. The molecule has 2 aromatic rings. The summed E-state index contributed by atoms with van der Waals surface area (Å²) in [5, 5.41) is 4.22. The monoisotopic (exact) mass is 301 g/mol. The van der Waals surface area contributed by atoms with Crippen LogP contribution in [0.2, 0.25) is 0 Å². The lowest BCUT2D eigenvalue weighted by Gasteiger charge is -2.17. The largest absolute Gasteiger partial charge is 0.344 e. The van der Waals surface area contributed by atoms with Crippen LogP contribution >= 0.6 is 0 Å². The Bertz CT molecular complexity index is 684. The number of aromatic nitrogens is 4. The summed E-state index contributed by atoms with van der Waals surface area (Å²) in [5.41, 5.74) is 0.949. The van der Waals surface area contributed by atoms with Crippen molar-refractivity contribution in [2.45, 2.75) is 26.3 Å². The van der Waals surface area contributed by atoms with Crippen molar-refractivity contribution in [1.82, 2.24) is 24.6 Å². The van der Waals surface area contributed by atoms with Crippen molar-refractivity contribution in [3.63, 3.8) is 0 Å². The fraction of sp³-hybridized carbons (Fsp3) is 0.400. The second-order valence-corrected chi connectivity index (χ2v) is 5.01. The summed E-state index contributed by atoms with van der Waals surface area (Å²) in [5.74, 6) is -0.135. The Morgan fingerprint density at radius 1 is 1.27 bits per heavy atom. The molecule has 7 heteroatoms. The van der Waals surface area contributed by atoms with E-state index in [1.807, 2.05) is 0 Å². The second-order valence-electron chi connectivity index (χ2n) is 5.01. The van der Waals surface area contributed by atoms with E-state index in [2.05, 4.69) is 22.0 Å². The van der Waals surface area contributed by atoms with E-state index in [9.17, 15) is 9.59 Å². The van der Waals surface area contributed by atoms with Crippen LogP contribution in [0.25, 0.3) is 11.3 Å². The Balaban J connectivity index is 2.17. The first-order valence-electron chi connectivity index (χ1n) is 7.19. The molecule has 0 atom stereocenters. The van der Waals surface area contributed by atoms with Gasteiger partial charge in [0.2, 0.25) is 5.91 Å². The molecule has 1 amide bonds. The summed E-state index contributed by atoms with van der Waals surface area (Å²) in [6.07, 6.45) is 6.59. The number of carbonyl (C=O) groups excluding carboxylic acids is 1. The van der Waals surface area contributed by atoms with Crippen molar-refractivity contribution in [2.24, 2.45) is 0 Å². The molecule has 0 radical (unpaired) electrons. The summed E-state index contributed by atoms with van der Waals surface area (Å²) in [7, 11) is 1.73. The van der Waals surface area contributed by atoms with E-state index in [0.29, 0.717) is 17.8 Å². The first-order valence-corrected chi connectivity index (χ1v) is 7.19. The topological polar surface area (TPSA) is 81.0 Å². The van der Waals surface area contributed by atoms with Crippen LogP contribution in [0.15, 0.2) is 35.6 Å². The highest BCUT2D eigenvalue weighted by Gasteiger charge is 2.12. The van der Waals surface area contributed by atoms with Gasteiger partial charge in [0, 0.05) is 37.6 Å². The predicted molar refractivity (Wildman–Crippen MR) is 82.1 cm³/mol. The summed E-state index contributed by atoms with van der Waals surface area (Å²) in [6, 6.07) is 3.00. The smallest absolute Gasteiger partial charge is 0.267 e. The number of unbranched alkanes of at least 4 members (excludes halogenated alkanes) is 1. The van der Waals surface area contributed by atoms with E-state index in [0.717, 1.165) is 12.8 Å². The fourth-order valence-corrected chi connectivity index (χ4v) is 1.92. The van der Waals surface area contributed by atoms with E-state index in [1.165, 1.54) is 17.1 Å². The summed E-state index contributed by atoms with van der Waals surface area (Å²) < 4.78 is 1.17. The minimum Gasteiger partial charge on any atom is -0.344 e. The molecule has 0 spiro atoms. The number of hydrogen-bond donors (Lipinski definition) is 0. The maximum Gasteiger partial charge on any atom is 0.267 e. The normalized spacial score (nSPS) is 10.5. The Labute approximate surface area is 128 Å². The van der Waals surface area contributed by atoms with E-state index < -0.39 is 0 Å². The minimum atomic E-state index is -0.308. The number of rotatable bonds is 6. The maximum atomic E-state index is 12.1. The maximum absolute atomic E-state index is 12.1. The zero-order chi connectivity index (χ0) is 15.9. The van der Waals surface area contributed by atoms with Crippen LogP contribution < -0.4 is 5.56 Å². The van der Waals surface area contributed by atoms with E-state index in [1.54, 1.807) is 30.4 Å². The molecule has 0 aliphatic carbocycles. The molecule has 0 aliphatic rings. The van der Waals surface area contributed by atoms with Crippen LogP contribution in [-0.2, 0) is 11.3 Å². The molecule has 22 heavy (non-hydrogen) atoms. The van der Waals surface area contributed by atoms with Gasteiger partial charge in [-0.15, -0.1) is 0 Å². The standard InChI is InChI=1S/C15H19N5O2/c1-3-4-7-19(2)15(22)10-20-14(21)6-5-13(18-20)12-8-16-11-17-9-12/h5-6,8-9,11H,3-4,7,10H2,1-2H3. The zero-order valence-corrected chi connectivity index (χ0v) is 12.8. The molecule has 0 saturated carbocycles. The highest BCUT2D eigenvalue weighted by atomic mass is 16.2. The van der Waals surface area contributed by atoms with Gasteiger partial charge in [-0.3, -0.25) is 9.59 Å². The lowest BCUT2D eigenvalue weighted by atomic mass is 10.2. The Hall–Kier alpha value is -2.57. The Kier molecular flexibility index (Phi) is 5.35. The molecule has 2 aromatic heterocycles. The summed E-state index contributed by atoms with van der Waals surface area (Å²) in [6.45, 7) is 2.67. The predicted octanol–water partition coefficient (Wildman–Crippen LogP) is 0.959. The van der Waals surface area contributed by atoms with Gasteiger partial charge in [-0.05, 0) is 12.5 Å². The highest BCUT2D eigenvalue weighted by molar-refractivity contribution is 5.75. The van der Waals surface area contributed by atoms with Crippen molar-refractivity contribution in [1.29, 1.82) is 0 Å². The molecule has 2 rings (SSSR count). The fourth-order valence-electron chi connectivity index (χ4n) is 1.92. The number of carbonyl (C=O) groups is 1. The lowest BCUT2D eigenvalue weighted by Crippen LogP contribution is -2.35. The lowest BCUT2D eigenvalue weighted by molar-refractivity contribution is -0.130. The minimum absolute atomic E-state index is 0.0689. The molecular formula is C15H19N5O2. The molecule has 0 aliphatic heterocycles. The Morgan fingerprint density at radius 2 is 2.00 bits per heavy atom. The van der Waals surface area contributed by atoms with Crippen LogP contribution in [-0.4, -0.2) is 44.1 Å². The Morgan fingerprint density at radius 3 is 2.68 bits per heavy atom. The van der Waals surface area contributed by atoms with Gasteiger partial charge in [0.05, 0.1) is 5.69 Å². The van der Waals surface area contributed by atoms with E-state index in [-0.39, 0.29) is 18.0 Å². The van der Waals surface area contributed by atoms with Gasteiger partial charge >= 0.3 is 0 Å². The van der Waals surface area contributed by atoms with Gasteiger partial charge in [0.15, 0.2) is 0 Å². The van der Waals surface area contributed by atoms with Crippen molar-refractivity contribution in [2.75, 3.05) is 13.6 Å². The van der Waals surface area contributed by atoms with Crippen molar-refractivity contribution in [3.05, 3.63) is 41.2 Å². The van der Waals surface area contributed by atoms with Crippen molar-refractivity contribution >= 4 is 5.91 Å². The van der Waals surface area contributed by atoms with Gasteiger partial charge in [-0.25, -0.2) is 14.6 Å². The average Bonchev–Trinajstić information content (AvgIpc) is 2.55. The molecule has 2 heterocycles. The molecular weight excluding hydrogens is 282 g/mol. The van der Waals surface area contributed by atoms with Crippen LogP contribution in [0, 0.1) is 0 Å². The molecule has 0 bridgehead atoms. The number of amides is 1. The summed E-state index contributed by atoms with van der Waals surface area (Å²) in [4.78, 5) is 33.5. The quantitative estimate of drug-likeness (QED) is 0.794. The van der Waals surface area contributed by atoms with Gasteiger partial charge in [0.1, 0.15) is 12.9 Å². The molecule has 0 saturated heterocycles. The average molecular weight is 301 g/mol. The van der Waals surface area contributed by atoms with Crippen LogP contribution in [0.4, 0.5) is 0 Å².